The smallest absolute Gasteiger partial charge is 0.181 e. The molecule has 1 aromatic rings. The molecule has 1 rings (SSSR count). The van der Waals surface area contributed by atoms with Gasteiger partial charge in [-0.25, -0.2) is 0 Å². The molecule has 0 saturated heterocycles. The predicted octanol–water partition coefficient (Wildman–Crippen LogP) is 3.28. The van der Waals surface area contributed by atoms with E-state index in [0.717, 1.165) is 0 Å². The zero-order chi connectivity index (χ0) is 9.84. The number of hydrogen-bond acceptors (Lipinski definition) is 2. The normalized spacial score (nSPS) is 11.8. The highest BCUT2D eigenvalue weighted by Crippen LogP contribution is 2.32. The van der Waals surface area contributed by atoms with Crippen LogP contribution in [0, 0.1) is 11.3 Å². The van der Waals surface area contributed by atoms with Gasteiger partial charge in [-0.05, 0) is 19.1 Å². The first-order valence-corrected chi connectivity index (χ1v) is 4.41. The van der Waals surface area contributed by atoms with Gasteiger partial charge in [-0.15, -0.1) is 0 Å². The largest absolute Gasteiger partial charge is 0.473 e. The Labute approximate surface area is 86.6 Å². The molecule has 0 aliphatic carbocycles. The zero-order valence-electron chi connectivity index (χ0n) is 6.92. The summed E-state index contributed by atoms with van der Waals surface area (Å²) in [6.07, 6.45) is -0.558. The maximum atomic E-state index is 8.52. The summed E-state index contributed by atoms with van der Waals surface area (Å²) >= 11 is 11.6. The van der Waals surface area contributed by atoms with Crippen molar-refractivity contribution >= 4 is 23.2 Å². The summed E-state index contributed by atoms with van der Waals surface area (Å²) in [6, 6.07) is 6.96. The third kappa shape index (κ3) is 2.51. The average Bonchev–Trinajstić information content (AvgIpc) is 2.11. The SMILES string of the molecule is C[C@@H](C#N)Oc1c(Cl)cccc1Cl. The van der Waals surface area contributed by atoms with Crippen LogP contribution < -0.4 is 4.74 Å². The number of halogens is 2. The van der Waals surface area contributed by atoms with E-state index >= 15 is 0 Å². The first kappa shape index (κ1) is 10.2. The molecule has 0 amide bonds. The number of benzene rings is 1. The Morgan fingerprint density at radius 3 is 2.38 bits per heavy atom. The molecule has 4 heteroatoms. The van der Waals surface area contributed by atoms with E-state index in [4.69, 9.17) is 33.2 Å². The summed E-state index contributed by atoms with van der Waals surface area (Å²) in [4.78, 5) is 0. The summed E-state index contributed by atoms with van der Waals surface area (Å²) in [5, 5.41) is 9.34. The molecular weight excluding hydrogens is 209 g/mol. The fraction of sp³-hybridized carbons (Fsp3) is 0.222. The van der Waals surface area contributed by atoms with Crippen molar-refractivity contribution in [1.29, 1.82) is 5.26 Å². The lowest BCUT2D eigenvalue weighted by Gasteiger charge is -2.10. The Bertz CT molecular complexity index is 326. The van der Waals surface area contributed by atoms with Gasteiger partial charge < -0.3 is 4.74 Å². The second kappa shape index (κ2) is 4.36. The van der Waals surface area contributed by atoms with Crippen LogP contribution in [0.3, 0.4) is 0 Å². The minimum absolute atomic E-state index is 0.361. The van der Waals surface area contributed by atoms with Crippen LogP contribution in [0.25, 0.3) is 0 Å². The van der Waals surface area contributed by atoms with Crippen molar-refractivity contribution in [1.82, 2.24) is 0 Å². The number of nitrogens with zero attached hydrogens (tertiary/aromatic N) is 1. The summed E-state index contributed by atoms with van der Waals surface area (Å²) < 4.78 is 5.20. The van der Waals surface area contributed by atoms with E-state index in [-0.39, 0.29) is 0 Å². The maximum absolute atomic E-state index is 8.52. The molecule has 0 aromatic heterocycles. The van der Waals surface area contributed by atoms with E-state index in [1.165, 1.54) is 0 Å². The van der Waals surface area contributed by atoms with Crippen LogP contribution in [0.1, 0.15) is 6.92 Å². The number of para-hydroxylation sites is 1. The molecule has 0 radical (unpaired) electrons. The molecule has 0 aliphatic heterocycles. The van der Waals surface area contributed by atoms with Gasteiger partial charge in [0.05, 0.1) is 10.0 Å². The molecule has 68 valence electrons. The van der Waals surface area contributed by atoms with Gasteiger partial charge in [-0.2, -0.15) is 5.26 Å². The van der Waals surface area contributed by atoms with E-state index in [0.29, 0.717) is 15.8 Å². The highest BCUT2D eigenvalue weighted by atomic mass is 35.5. The van der Waals surface area contributed by atoms with Crippen molar-refractivity contribution in [3.63, 3.8) is 0 Å². The van der Waals surface area contributed by atoms with Crippen LogP contribution in [0.4, 0.5) is 0 Å². The highest BCUT2D eigenvalue weighted by molar-refractivity contribution is 6.37. The molecule has 0 bridgehead atoms. The number of ether oxygens (including phenoxy) is 1. The molecule has 0 spiro atoms. The predicted molar refractivity (Wildman–Crippen MR) is 52.2 cm³/mol. The van der Waals surface area contributed by atoms with E-state index < -0.39 is 6.10 Å². The molecule has 0 fully saturated rings. The molecular formula is C9H7Cl2NO. The summed E-state index contributed by atoms with van der Waals surface area (Å²) in [7, 11) is 0. The Kier molecular flexibility index (Phi) is 3.41. The second-order valence-corrected chi connectivity index (χ2v) is 3.25. The van der Waals surface area contributed by atoms with Gasteiger partial charge in [0.2, 0.25) is 0 Å². The zero-order valence-corrected chi connectivity index (χ0v) is 8.43. The van der Waals surface area contributed by atoms with Crippen LogP contribution in [0.2, 0.25) is 10.0 Å². The third-order valence-electron chi connectivity index (χ3n) is 1.40. The minimum atomic E-state index is -0.558. The molecule has 0 aliphatic rings. The van der Waals surface area contributed by atoms with Crippen molar-refractivity contribution in [3.8, 4) is 11.8 Å². The van der Waals surface area contributed by atoms with E-state index in [2.05, 4.69) is 0 Å². The van der Waals surface area contributed by atoms with E-state index in [9.17, 15) is 0 Å². The van der Waals surface area contributed by atoms with Gasteiger partial charge in [0.1, 0.15) is 6.07 Å². The standard InChI is InChI=1S/C9H7Cl2NO/c1-6(5-12)13-9-7(10)3-2-4-8(9)11/h2-4,6H,1H3/t6-/m0/s1. The first-order valence-electron chi connectivity index (χ1n) is 3.65. The molecule has 0 unspecified atom stereocenters. The average molecular weight is 216 g/mol. The number of nitriles is 1. The molecule has 2 nitrogen and oxygen atoms in total. The fourth-order valence-corrected chi connectivity index (χ4v) is 1.28. The lowest BCUT2D eigenvalue weighted by Crippen LogP contribution is -2.08. The Morgan fingerprint density at radius 1 is 1.38 bits per heavy atom. The van der Waals surface area contributed by atoms with Crippen LogP contribution >= 0.6 is 23.2 Å². The van der Waals surface area contributed by atoms with Crippen LogP contribution in [0.15, 0.2) is 18.2 Å². The van der Waals surface area contributed by atoms with Crippen molar-refractivity contribution < 1.29 is 4.74 Å². The van der Waals surface area contributed by atoms with Crippen molar-refractivity contribution in [2.24, 2.45) is 0 Å². The molecule has 0 N–H and O–H groups in total. The van der Waals surface area contributed by atoms with E-state index in [1.54, 1.807) is 25.1 Å². The quantitative estimate of drug-likeness (QED) is 0.759. The van der Waals surface area contributed by atoms with Gasteiger partial charge in [-0.3, -0.25) is 0 Å². The number of hydrogen-bond donors (Lipinski definition) is 0. The van der Waals surface area contributed by atoms with Gasteiger partial charge in [-0.1, -0.05) is 29.3 Å². The Balaban J connectivity index is 2.95. The molecule has 0 heterocycles. The first-order chi connectivity index (χ1) is 6.15. The molecule has 1 atom stereocenters. The van der Waals surface area contributed by atoms with Crippen LogP contribution in [-0.2, 0) is 0 Å². The van der Waals surface area contributed by atoms with Gasteiger partial charge in [0.25, 0.3) is 0 Å². The van der Waals surface area contributed by atoms with Gasteiger partial charge in [0.15, 0.2) is 11.9 Å². The summed E-state index contributed by atoms with van der Waals surface area (Å²) in [5.41, 5.74) is 0. The van der Waals surface area contributed by atoms with E-state index in [1.807, 2.05) is 6.07 Å². The summed E-state index contributed by atoms with van der Waals surface area (Å²) in [5.74, 6) is 0.361. The van der Waals surface area contributed by atoms with Gasteiger partial charge >= 0.3 is 0 Å². The van der Waals surface area contributed by atoms with Crippen molar-refractivity contribution in [2.45, 2.75) is 13.0 Å². The fourth-order valence-electron chi connectivity index (χ4n) is 0.798. The van der Waals surface area contributed by atoms with Crippen LogP contribution in [0.5, 0.6) is 5.75 Å². The molecule has 0 saturated carbocycles. The minimum Gasteiger partial charge on any atom is -0.473 e. The second-order valence-electron chi connectivity index (χ2n) is 2.44. The maximum Gasteiger partial charge on any atom is 0.181 e. The molecule has 1 aromatic carbocycles. The lowest BCUT2D eigenvalue weighted by molar-refractivity contribution is 0.277. The highest BCUT2D eigenvalue weighted by Gasteiger charge is 2.09. The number of rotatable bonds is 2. The Morgan fingerprint density at radius 2 is 1.92 bits per heavy atom. The third-order valence-corrected chi connectivity index (χ3v) is 1.99. The van der Waals surface area contributed by atoms with Crippen LogP contribution in [-0.4, -0.2) is 6.10 Å². The van der Waals surface area contributed by atoms with Crippen molar-refractivity contribution in [3.05, 3.63) is 28.2 Å². The van der Waals surface area contributed by atoms with Gasteiger partial charge in [0, 0.05) is 0 Å². The monoisotopic (exact) mass is 215 g/mol. The summed E-state index contributed by atoms with van der Waals surface area (Å²) in [6.45, 7) is 1.62. The van der Waals surface area contributed by atoms with Crippen molar-refractivity contribution in [2.75, 3.05) is 0 Å². The molecule has 13 heavy (non-hydrogen) atoms. The topological polar surface area (TPSA) is 33.0 Å². The Hall–Kier alpha value is -0.910. The lowest BCUT2D eigenvalue weighted by atomic mass is 10.3.